The molecule has 0 aliphatic rings. The lowest BCUT2D eigenvalue weighted by molar-refractivity contribution is 1.19. The number of hydrogen-bond acceptors (Lipinski definition) is 1. The van der Waals surface area contributed by atoms with Gasteiger partial charge in [-0.1, -0.05) is 71.4 Å². The molecule has 19 heavy (non-hydrogen) atoms. The fourth-order valence-corrected chi connectivity index (χ4v) is 3.24. The molecule has 0 amide bonds. The minimum absolute atomic E-state index is 0.782. The molecule has 0 unspecified atom stereocenters. The summed E-state index contributed by atoms with van der Waals surface area (Å²) in [6.45, 7) is 6.42. The first-order chi connectivity index (χ1) is 9.08. The van der Waals surface area contributed by atoms with Crippen molar-refractivity contribution in [1.29, 1.82) is 0 Å². The van der Waals surface area contributed by atoms with Crippen LogP contribution in [-0.4, -0.2) is 0 Å². The summed E-state index contributed by atoms with van der Waals surface area (Å²) in [5.74, 6) is 0. The van der Waals surface area contributed by atoms with E-state index < -0.39 is 0 Å². The molecule has 0 nitrogen and oxygen atoms in total. The van der Waals surface area contributed by atoms with Crippen molar-refractivity contribution in [2.75, 3.05) is 0 Å². The minimum atomic E-state index is 0.782. The molecule has 0 atom stereocenters. The van der Waals surface area contributed by atoms with E-state index in [1.165, 1.54) is 21.6 Å². The van der Waals surface area contributed by atoms with Crippen LogP contribution in [0, 0.1) is 20.8 Å². The molecule has 0 saturated heterocycles. The van der Waals surface area contributed by atoms with Crippen LogP contribution in [0.5, 0.6) is 0 Å². The molecular weight excluding hydrogens is 272 g/mol. The largest absolute Gasteiger partial charge is 0.0959 e. The van der Waals surface area contributed by atoms with Crippen LogP contribution >= 0.6 is 23.4 Å². The topological polar surface area (TPSA) is 0 Å². The first kappa shape index (κ1) is 14.2. The molecular formula is C17H17ClS. The van der Waals surface area contributed by atoms with Gasteiger partial charge < -0.3 is 0 Å². The van der Waals surface area contributed by atoms with Crippen LogP contribution in [0.2, 0.25) is 0 Å². The Hall–Kier alpha value is -1.18. The molecule has 2 rings (SSSR count). The number of thioether (sulfide) groups is 1. The Morgan fingerprint density at radius 1 is 1.00 bits per heavy atom. The highest BCUT2D eigenvalue weighted by Gasteiger charge is 2.04. The van der Waals surface area contributed by atoms with Crippen LogP contribution in [0.25, 0.3) is 5.03 Å². The van der Waals surface area contributed by atoms with Crippen molar-refractivity contribution in [3.05, 3.63) is 70.1 Å². The van der Waals surface area contributed by atoms with E-state index in [0.29, 0.717) is 0 Å². The zero-order valence-corrected chi connectivity index (χ0v) is 13.0. The average Bonchev–Trinajstić information content (AvgIpc) is 2.38. The Labute approximate surface area is 124 Å². The Morgan fingerprint density at radius 2 is 1.58 bits per heavy atom. The minimum Gasteiger partial charge on any atom is -0.0959 e. The van der Waals surface area contributed by atoms with Crippen molar-refractivity contribution in [3.63, 3.8) is 0 Å². The van der Waals surface area contributed by atoms with E-state index in [1.807, 2.05) is 35.7 Å². The van der Waals surface area contributed by atoms with Crippen molar-refractivity contribution < 1.29 is 0 Å². The van der Waals surface area contributed by atoms with Gasteiger partial charge in [0.2, 0.25) is 0 Å². The smallest absolute Gasteiger partial charge is 0.0544 e. The summed E-state index contributed by atoms with van der Waals surface area (Å²) >= 11 is 8.02. The highest BCUT2D eigenvalue weighted by Crippen LogP contribution is 2.32. The van der Waals surface area contributed by atoms with Crippen LogP contribution in [-0.2, 0) is 0 Å². The first-order valence-electron chi connectivity index (χ1n) is 6.23. The fourth-order valence-electron chi connectivity index (χ4n) is 2.13. The summed E-state index contributed by atoms with van der Waals surface area (Å²) in [6.07, 6.45) is 0. The van der Waals surface area contributed by atoms with Crippen molar-refractivity contribution in [2.45, 2.75) is 25.7 Å². The van der Waals surface area contributed by atoms with E-state index in [2.05, 4.69) is 32.9 Å². The molecule has 0 aliphatic heterocycles. The zero-order chi connectivity index (χ0) is 13.8. The van der Waals surface area contributed by atoms with Gasteiger partial charge in [0.1, 0.15) is 0 Å². The highest BCUT2D eigenvalue weighted by molar-refractivity contribution is 8.02. The average molecular weight is 289 g/mol. The second kappa shape index (κ2) is 6.31. The Bertz CT molecular complexity index is 577. The van der Waals surface area contributed by atoms with E-state index >= 15 is 0 Å². The Kier molecular flexibility index (Phi) is 4.73. The number of halogens is 1. The molecule has 0 bridgehead atoms. The molecule has 0 heterocycles. The summed E-state index contributed by atoms with van der Waals surface area (Å²) in [6, 6.07) is 14.5. The fraction of sp³-hybridized carbons (Fsp3) is 0.176. The third kappa shape index (κ3) is 3.65. The van der Waals surface area contributed by atoms with Gasteiger partial charge in [-0.25, -0.2) is 0 Å². The first-order valence-corrected chi connectivity index (χ1v) is 7.49. The molecule has 2 heteroatoms. The lowest BCUT2D eigenvalue weighted by Crippen LogP contribution is -1.86. The Morgan fingerprint density at radius 3 is 2.16 bits per heavy atom. The number of benzene rings is 2. The second-order valence-electron chi connectivity index (χ2n) is 4.68. The second-order valence-corrected chi connectivity index (χ2v) is 5.96. The molecule has 2 aromatic rings. The van der Waals surface area contributed by atoms with Crippen LogP contribution in [0.1, 0.15) is 22.3 Å². The van der Waals surface area contributed by atoms with E-state index in [1.54, 1.807) is 11.8 Å². The summed E-state index contributed by atoms with van der Waals surface area (Å²) in [5, 5.41) is 2.80. The number of rotatable bonds is 3. The molecule has 0 spiro atoms. The van der Waals surface area contributed by atoms with Gasteiger partial charge in [-0.2, -0.15) is 0 Å². The number of hydrogen-bond donors (Lipinski definition) is 0. The van der Waals surface area contributed by atoms with Crippen molar-refractivity contribution in [2.24, 2.45) is 0 Å². The van der Waals surface area contributed by atoms with Crippen molar-refractivity contribution in [1.82, 2.24) is 0 Å². The van der Waals surface area contributed by atoms with Gasteiger partial charge in [-0.15, -0.1) is 0 Å². The SMILES string of the molecule is Cc1cc(C)c(S/C=C(/Cl)c2ccccc2)c(C)c1. The predicted molar refractivity (Wildman–Crippen MR) is 86.8 cm³/mol. The third-order valence-corrected chi connectivity index (χ3v) is 4.62. The van der Waals surface area contributed by atoms with E-state index in [9.17, 15) is 0 Å². The van der Waals surface area contributed by atoms with Gasteiger partial charge in [0.15, 0.2) is 0 Å². The predicted octanol–water partition coefficient (Wildman–Crippen LogP) is 5.94. The van der Waals surface area contributed by atoms with Crippen LogP contribution in [0.4, 0.5) is 0 Å². The summed E-state index contributed by atoms with van der Waals surface area (Å²) in [7, 11) is 0. The van der Waals surface area contributed by atoms with Crippen molar-refractivity contribution >= 4 is 28.4 Å². The van der Waals surface area contributed by atoms with Crippen LogP contribution < -0.4 is 0 Å². The summed E-state index contributed by atoms with van der Waals surface area (Å²) in [5.41, 5.74) is 4.96. The molecule has 0 N–H and O–H groups in total. The standard InChI is InChI=1S/C17H17ClS/c1-12-9-13(2)17(14(3)10-12)19-11-16(18)15-7-5-4-6-8-15/h4-11H,1-3H3/b16-11+. The van der Waals surface area contributed by atoms with E-state index in [0.717, 1.165) is 10.6 Å². The number of aryl methyl sites for hydroxylation is 3. The molecule has 98 valence electrons. The van der Waals surface area contributed by atoms with Gasteiger partial charge in [0, 0.05) is 4.90 Å². The molecule has 0 aliphatic carbocycles. The summed E-state index contributed by atoms with van der Waals surface area (Å²) < 4.78 is 0. The highest BCUT2D eigenvalue weighted by atomic mass is 35.5. The van der Waals surface area contributed by atoms with E-state index in [4.69, 9.17) is 11.6 Å². The maximum absolute atomic E-state index is 6.33. The Balaban J connectivity index is 2.23. The lowest BCUT2D eigenvalue weighted by Gasteiger charge is -2.09. The monoisotopic (exact) mass is 288 g/mol. The zero-order valence-electron chi connectivity index (χ0n) is 11.4. The van der Waals surface area contributed by atoms with Crippen LogP contribution in [0.15, 0.2) is 52.8 Å². The molecule has 0 aromatic heterocycles. The third-order valence-electron chi connectivity index (χ3n) is 2.93. The van der Waals surface area contributed by atoms with Crippen LogP contribution in [0.3, 0.4) is 0 Å². The van der Waals surface area contributed by atoms with Gasteiger partial charge in [-0.05, 0) is 42.9 Å². The lowest BCUT2D eigenvalue weighted by atomic mass is 10.1. The molecule has 0 saturated carbocycles. The molecule has 0 radical (unpaired) electrons. The molecule has 2 aromatic carbocycles. The van der Waals surface area contributed by atoms with Gasteiger partial charge >= 0.3 is 0 Å². The maximum atomic E-state index is 6.33. The molecule has 0 fully saturated rings. The van der Waals surface area contributed by atoms with Crippen molar-refractivity contribution in [3.8, 4) is 0 Å². The normalized spacial score (nSPS) is 11.7. The quantitative estimate of drug-likeness (QED) is 0.630. The van der Waals surface area contributed by atoms with E-state index in [-0.39, 0.29) is 0 Å². The maximum Gasteiger partial charge on any atom is 0.0544 e. The van der Waals surface area contributed by atoms with Gasteiger partial charge in [-0.3, -0.25) is 0 Å². The van der Waals surface area contributed by atoms with Gasteiger partial charge in [0.05, 0.1) is 5.03 Å². The van der Waals surface area contributed by atoms with Gasteiger partial charge in [0.25, 0.3) is 0 Å². The summed E-state index contributed by atoms with van der Waals surface area (Å²) in [4.78, 5) is 1.29.